The zero-order valence-electron chi connectivity index (χ0n) is 13.0. The van der Waals surface area contributed by atoms with Gasteiger partial charge in [-0.15, -0.1) is 0 Å². The Morgan fingerprint density at radius 3 is 2.52 bits per heavy atom. The van der Waals surface area contributed by atoms with E-state index in [1.54, 1.807) is 23.4 Å². The zero-order valence-corrected chi connectivity index (χ0v) is 13.8. The molecular weight excluding hydrogens is 290 g/mol. The first-order chi connectivity index (χ1) is 9.65. The first-order valence-corrected chi connectivity index (χ1v) is 8.40. The van der Waals surface area contributed by atoms with Gasteiger partial charge in [0, 0.05) is 30.9 Å². The van der Waals surface area contributed by atoms with Gasteiger partial charge in [-0.2, -0.15) is 0 Å². The van der Waals surface area contributed by atoms with Crippen molar-refractivity contribution in [2.45, 2.75) is 27.3 Å². The largest absolute Gasteiger partial charge is 0.337 e. The quantitative estimate of drug-likeness (QED) is 0.850. The number of nitrogens with one attached hydrogen (secondary N) is 1. The van der Waals surface area contributed by atoms with E-state index in [2.05, 4.69) is 9.71 Å². The first kappa shape index (κ1) is 17.6. The minimum Gasteiger partial charge on any atom is -0.337 e. The molecule has 0 aliphatic heterocycles. The molecule has 118 valence electrons. The van der Waals surface area contributed by atoms with E-state index >= 15 is 0 Å². The van der Waals surface area contributed by atoms with Crippen molar-refractivity contribution in [2.75, 3.05) is 19.3 Å². The van der Waals surface area contributed by atoms with Gasteiger partial charge in [-0.3, -0.25) is 9.78 Å². The maximum Gasteiger partial charge on any atom is 0.228 e. The smallest absolute Gasteiger partial charge is 0.228 e. The Hall–Kier alpha value is -1.47. The average Bonchev–Trinajstić information content (AvgIpc) is 2.43. The summed E-state index contributed by atoms with van der Waals surface area (Å²) in [4.78, 5) is 18.0. The number of aromatic nitrogens is 1. The number of nitrogens with zero attached hydrogens (tertiary/aromatic N) is 2. The summed E-state index contributed by atoms with van der Waals surface area (Å²) in [7, 11) is -1.98. The Kier molecular flexibility index (Phi) is 5.86. The van der Waals surface area contributed by atoms with Crippen molar-refractivity contribution in [2.24, 2.45) is 5.41 Å². The van der Waals surface area contributed by atoms with Crippen LogP contribution in [0, 0.1) is 5.41 Å². The van der Waals surface area contributed by atoms with Gasteiger partial charge in [0.25, 0.3) is 0 Å². The molecule has 0 unspecified atom stereocenters. The third-order valence-corrected chi connectivity index (χ3v) is 4.31. The van der Waals surface area contributed by atoms with Crippen LogP contribution in [0.3, 0.4) is 0 Å². The molecule has 1 aromatic rings. The highest BCUT2D eigenvalue weighted by atomic mass is 32.2. The zero-order chi connectivity index (χ0) is 16.1. The summed E-state index contributed by atoms with van der Waals surface area (Å²) in [5.41, 5.74) is 0.308. The molecule has 0 saturated carbocycles. The standard InChI is InChI=1S/C14H23N3O3S/c1-14(2,3)13(18)17(8-9-21(19,20)15-4)11-12-6-5-7-16-10-12/h5-7,10,15H,8-9,11H2,1-4H3. The highest BCUT2D eigenvalue weighted by molar-refractivity contribution is 7.89. The average molecular weight is 313 g/mol. The fourth-order valence-corrected chi connectivity index (χ4v) is 2.44. The summed E-state index contributed by atoms with van der Waals surface area (Å²) in [6, 6.07) is 3.65. The van der Waals surface area contributed by atoms with E-state index in [0.29, 0.717) is 6.54 Å². The molecular formula is C14H23N3O3S. The van der Waals surface area contributed by atoms with Gasteiger partial charge in [0.1, 0.15) is 0 Å². The highest BCUT2D eigenvalue weighted by Gasteiger charge is 2.28. The Labute approximate surface area is 126 Å². The predicted octanol–water partition coefficient (Wildman–Crippen LogP) is 1.01. The summed E-state index contributed by atoms with van der Waals surface area (Å²) in [6.07, 6.45) is 3.33. The molecule has 21 heavy (non-hydrogen) atoms. The molecule has 0 atom stereocenters. The molecule has 7 heteroatoms. The number of carbonyl (C=O) groups excluding carboxylic acids is 1. The Morgan fingerprint density at radius 1 is 1.38 bits per heavy atom. The molecule has 0 aliphatic rings. The van der Waals surface area contributed by atoms with Crippen LogP contribution >= 0.6 is 0 Å². The SMILES string of the molecule is CNS(=O)(=O)CCN(Cc1cccnc1)C(=O)C(C)(C)C. The number of carbonyl (C=O) groups is 1. The van der Waals surface area contributed by atoms with E-state index in [0.717, 1.165) is 5.56 Å². The van der Waals surface area contributed by atoms with Crippen LogP contribution in [0.25, 0.3) is 0 Å². The molecule has 1 aromatic heterocycles. The maximum atomic E-state index is 12.5. The van der Waals surface area contributed by atoms with Crippen molar-refractivity contribution >= 4 is 15.9 Å². The van der Waals surface area contributed by atoms with Crippen LogP contribution in [0.15, 0.2) is 24.5 Å². The van der Waals surface area contributed by atoms with Crippen molar-refractivity contribution in [1.82, 2.24) is 14.6 Å². The fourth-order valence-electron chi connectivity index (χ4n) is 1.77. The van der Waals surface area contributed by atoms with Crippen molar-refractivity contribution in [1.29, 1.82) is 0 Å². The molecule has 1 amide bonds. The first-order valence-electron chi connectivity index (χ1n) is 6.75. The number of sulfonamides is 1. The van der Waals surface area contributed by atoms with Gasteiger partial charge in [0.05, 0.1) is 5.75 Å². The van der Waals surface area contributed by atoms with Gasteiger partial charge in [-0.05, 0) is 18.7 Å². The molecule has 0 fully saturated rings. The van der Waals surface area contributed by atoms with Crippen LogP contribution in [0.1, 0.15) is 26.3 Å². The van der Waals surface area contributed by atoms with Gasteiger partial charge in [-0.1, -0.05) is 26.8 Å². The Bertz CT molecular complexity index is 565. The second-order valence-corrected chi connectivity index (χ2v) is 7.91. The van der Waals surface area contributed by atoms with E-state index < -0.39 is 15.4 Å². The van der Waals surface area contributed by atoms with Crippen LogP contribution in [-0.4, -0.2) is 43.6 Å². The summed E-state index contributed by atoms with van der Waals surface area (Å²) >= 11 is 0. The second kappa shape index (κ2) is 7.00. The third-order valence-electron chi connectivity index (χ3n) is 2.97. The van der Waals surface area contributed by atoms with Gasteiger partial charge >= 0.3 is 0 Å². The molecule has 0 spiro atoms. The maximum absolute atomic E-state index is 12.5. The number of pyridine rings is 1. The number of hydrogen-bond acceptors (Lipinski definition) is 4. The minimum absolute atomic E-state index is 0.0855. The highest BCUT2D eigenvalue weighted by Crippen LogP contribution is 2.19. The van der Waals surface area contributed by atoms with Crippen LogP contribution in [0.4, 0.5) is 0 Å². The Morgan fingerprint density at radius 2 is 2.05 bits per heavy atom. The van der Waals surface area contributed by atoms with Gasteiger partial charge in [0.2, 0.25) is 15.9 Å². The molecule has 0 aliphatic carbocycles. The number of rotatable bonds is 6. The topological polar surface area (TPSA) is 79.4 Å². The molecule has 6 nitrogen and oxygen atoms in total. The van der Waals surface area contributed by atoms with E-state index in [4.69, 9.17) is 0 Å². The minimum atomic E-state index is -3.35. The lowest BCUT2D eigenvalue weighted by Crippen LogP contribution is -2.42. The summed E-state index contributed by atoms with van der Waals surface area (Å²) < 4.78 is 25.4. The van der Waals surface area contributed by atoms with Gasteiger partial charge in [-0.25, -0.2) is 13.1 Å². The summed E-state index contributed by atoms with van der Waals surface area (Å²) in [5.74, 6) is -0.205. The normalized spacial score (nSPS) is 12.2. The van der Waals surface area contributed by atoms with Crippen molar-refractivity contribution in [3.8, 4) is 0 Å². The monoisotopic (exact) mass is 313 g/mol. The van der Waals surface area contributed by atoms with Crippen LogP contribution in [0.2, 0.25) is 0 Å². The molecule has 0 aromatic carbocycles. The molecule has 1 N–H and O–H groups in total. The molecule has 1 rings (SSSR count). The van der Waals surface area contributed by atoms with E-state index in [1.165, 1.54) is 7.05 Å². The lowest BCUT2D eigenvalue weighted by molar-refractivity contribution is -0.139. The lowest BCUT2D eigenvalue weighted by atomic mass is 9.94. The van der Waals surface area contributed by atoms with Gasteiger partial charge < -0.3 is 4.90 Å². The van der Waals surface area contributed by atoms with Crippen molar-refractivity contribution < 1.29 is 13.2 Å². The van der Waals surface area contributed by atoms with Crippen LogP contribution in [0.5, 0.6) is 0 Å². The molecule has 0 bridgehead atoms. The molecule has 1 heterocycles. The van der Waals surface area contributed by atoms with Crippen LogP contribution < -0.4 is 4.72 Å². The number of amides is 1. The van der Waals surface area contributed by atoms with Crippen molar-refractivity contribution in [3.05, 3.63) is 30.1 Å². The van der Waals surface area contributed by atoms with E-state index in [-0.39, 0.29) is 18.2 Å². The van der Waals surface area contributed by atoms with Crippen molar-refractivity contribution in [3.63, 3.8) is 0 Å². The number of hydrogen-bond donors (Lipinski definition) is 1. The van der Waals surface area contributed by atoms with E-state index in [1.807, 2.05) is 26.8 Å². The third kappa shape index (κ3) is 5.81. The predicted molar refractivity (Wildman–Crippen MR) is 82.0 cm³/mol. The van der Waals surface area contributed by atoms with Gasteiger partial charge in [0.15, 0.2) is 0 Å². The second-order valence-electron chi connectivity index (χ2n) is 5.86. The Balaban J connectivity index is 2.88. The fraction of sp³-hybridized carbons (Fsp3) is 0.571. The van der Waals surface area contributed by atoms with Crippen LogP contribution in [-0.2, 0) is 21.4 Å². The lowest BCUT2D eigenvalue weighted by Gasteiger charge is -2.29. The molecule has 0 radical (unpaired) electrons. The summed E-state index contributed by atoms with van der Waals surface area (Å²) in [6.45, 7) is 5.95. The molecule has 0 saturated heterocycles. The van der Waals surface area contributed by atoms with E-state index in [9.17, 15) is 13.2 Å². The summed E-state index contributed by atoms with van der Waals surface area (Å²) in [5, 5.41) is 0.